The van der Waals surface area contributed by atoms with Gasteiger partial charge in [-0.05, 0) is 18.1 Å². The fraction of sp³-hybridized carbons (Fsp3) is 0.318. The number of esters is 1. The molecular formula is C22H26N2O4. The van der Waals surface area contributed by atoms with E-state index in [1.165, 1.54) is 14.0 Å². The molecular weight excluding hydrogens is 356 g/mol. The summed E-state index contributed by atoms with van der Waals surface area (Å²) in [6, 6.07) is 15.5. The van der Waals surface area contributed by atoms with Gasteiger partial charge in [-0.15, -0.1) is 0 Å². The minimum atomic E-state index is -0.841. The Labute approximate surface area is 165 Å². The van der Waals surface area contributed by atoms with Gasteiger partial charge in [0.1, 0.15) is 12.1 Å². The predicted molar refractivity (Wildman–Crippen MR) is 107 cm³/mol. The van der Waals surface area contributed by atoms with Crippen molar-refractivity contribution in [1.29, 1.82) is 0 Å². The maximum Gasteiger partial charge on any atom is 0.328 e. The Bertz CT molecular complexity index is 820. The standard InChI is InChI=1S/C22H26N2O4/c1-15-8-7-11-18(12-15)14-20(22(27)28-3)24-21(26)19(23-16(2)25)13-17-9-5-4-6-10-17/h4-12,19-20H,13-14H2,1-3H3,(H,23,25)(H,24,26)/t19-,20-/m0/s1. The van der Waals surface area contributed by atoms with Crippen molar-refractivity contribution in [2.45, 2.75) is 38.8 Å². The first-order chi connectivity index (χ1) is 13.4. The summed E-state index contributed by atoms with van der Waals surface area (Å²) >= 11 is 0. The van der Waals surface area contributed by atoms with E-state index in [1.807, 2.05) is 61.5 Å². The summed E-state index contributed by atoms with van der Waals surface area (Å²) < 4.78 is 4.85. The first-order valence-corrected chi connectivity index (χ1v) is 9.14. The van der Waals surface area contributed by atoms with Gasteiger partial charge in [0.25, 0.3) is 0 Å². The summed E-state index contributed by atoms with van der Waals surface area (Å²) in [6.45, 7) is 3.32. The molecule has 2 rings (SSSR count). The topological polar surface area (TPSA) is 84.5 Å². The van der Waals surface area contributed by atoms with E-state index in [1.54, 1.807) is 0 Å². The maximum atomic E-state index is 12.8. The SMILES string of the molecule is COC(=O)[C@H](Cc1cccc(C)c1)NC(=O)[C@H](Cc1ccccc1)NC(C)=O. The van der Waals surface area contributed by atoms with Crippen molar-refractivity contribution in [3.8, 4) is 0 Å². The van der Waals surface area contributed by atoms with Crippen LogP contribution in [0.25, 0.3) is 0 Å². The molecule has 6 heteroatoms. The van der Waals surface area contributed by atoms with Crippen molar-refractivity contribution in [1.82, 2.24) is 10.6 Å². The molecule has 0 bridgehead atoms. The largest absolute Gasteiger partial charge is 0.467 e. The normalized spacial score (nSPS) is 12.5. The van der Waals surface area contributed by atoms with Crippen LogP contribution in [0.1, 0.15) is 23.6 Å². The molecule has 2 aromatic carbocycles. The Morgan fingerprint density at radius 3 is 2.14 bits per heavy atom. The summed E-state index contributed by atoms with van der Waals surface area (Å²) in [7, 11) is 1.28. The monoisotopic (exact) mass is 382 g/mol. The third-order valence-electron chi connectivity index (χ3n) is 4.30. The zero-order chi connectivity index (χ0) is 20.5. The number of rotatable bonds is 8. The minimum Gasteiger partial charge on any atom is -0.467 e. The molecule has 0 saturated heterocycles. The van der Waals surface area contributed by atoms with Crippen molar-refractivity contribution in [2.24, 2.45) is 0 Å². The molecule has 28 heavy (non-hydrogen) atoms. The van der Waals surface area contributed by atoms with Gasteiger partial charge in [0.2, 0.25) is 11.8 Å². The van der Waals surface area contributed by atoms with Gasteiger partial charge in [-0.2, -0.15) is 0 Å². The summed E-state index contributed by atoms with van der Waals surface area (Å²) in [5.41, 5.74) is 2.88. The Balaban J connectivity index is 2.15. The molecule has 0 saturated carbocycles. The van der Waals surface area contributed by atoms with Crippen molar-refractivity contribution < 1.29 is 19.1 Å². The van der Waals surface area contributed by atoms with Gasteiger partial charge >= 0.3 is 5.97 Å². The highest BCUT2D eigenvalue weighted by atomic mass is 16.5. The molecule has 0 radical (unpaired) electrons. The third-order valence-corrected chi connectivity index (χ3v) is 4.30. The van der Waals surface area contributed by atoms with Crippen LogP contribution in [0.5, 0.6) is 0 Å². The first-order valence-electron chi connectivity index (χ1n) is 9.14. The summed E-state index contributed by atoms with van der Waals surface area (Å²) in [4.78, 5) is 36.6. The summed E-state index contributed by atoms with van der Waals surface area (Å²) in [5.74, 6) is -1.28. The second-order valence-electron chi connectivity index (χ2n) is 6.72. The molecule has 6 nitrogen and oxygen atoms in total. The molecule has 2 N–H and O–H groups in total. The van der Waals surface area contributed by atoms with Crippen LogP contribution in [0.2, 0.25) is 0 Å². The lowest BCUT2D eigenvalue weighted by molar-refractivity contribution is -0.145. The van der Waals surface area contributed by atoms with E-state index < -0.39 is 24.0 Å². The van der Waals surface area contributed by atoms with E-state index >= 15 is 0 Å². The number of nitrogens with one attached hydrogen (secondary N) is 2. The molecule has 2 aromatic rings. The maximum absolute atomic E-state index is 12.8. The van der Waals surface area contributed by atoms with E-state index in [4.69, 9.17) is 4.74 Å². The lowest BCUT2D eigenvalue weighted by Crippen LogP contribution is -2.53. The summed E-state index contributed by atoms with van der Waals surface area (Å²) in [6.07, 6.45) is 0.628. The molecule has 0 aliphatic heterocycles. The number of aryl methyl sites for hydroxylation is 1. The second-order valence-corrected chi connectivity index (χ2v) is 6.72. The molecule has 0 fully saturated rings. The number of ether oxygens (including phenoxy) is 1. The van der Waals surface area contributed by atoms with Crippen LogP contribution in [0.15, 0.2) is 54.6 Å². The highest BCUT2D eigenvalue weighted by molar-refractivity contribution is 5.90. The van der Waals surface area contributed by atoms with Crippen LogP contribution in [0.3, 0.4) is 0 Å². The van der Waals surface area contributed by atoms with Gasteiger partial charge in [0, 0.05) is 19.8 Å². The predicted octanol–water partition coefficient (Wildman–Crippen LogP) is 1.94. The summed E-state index contributed by atoms with van der Waals surface area (Å²) in [5, 5.41) is 5.39. The molecule has 0 heterocycles. The highest BCUT2D eigenvalue weighted by Gasteiger charge is 2.27. The van der Waals surface area contributed by atoms with Gasteiger partial charge in [-0.3, -0.25) is 9.59 Å². The van der Waals surface area contributed by atoms with Crippen molar-refractivity contribution in [2.75, 3.05) is 7.11 Å². The van der Waals surface area contributed by atoms with Crippen LogP contribution < -0.4 is 10.6 Å². The molecule has 0 aromatic heterocycles. The van der Waals surface area contributed by atoms with E-state index in [0.717, 1.165) is 16.7 Å². The van der Waals surface area contributed by atoms with E-state index in [0.29, 0.717) is 12.8 Å². The molecule has 2 atom stereocenters. The molecule has 0 aliphatic rings. The van der Waals surface area contributed by atoms with Crippen molar-refractivity contribution in [3.63, 3.8) is 0 Å². The quantitative estimate of drug-likeness (QED) is 0.684. The highest BCUT2D eigenvalue weighted by Crippen LogP contribution is 2.09. The van der Waals surface area contributed by atoms with E-state index in [2.05, 4.69) is 10.6 Å². The van der Waals surface area contributed by atoms with Gasteiger partial charge < -0.3 is 15.4 Å². The Morgan fingerprint density at radius 1 is 0.893 bits per heavy atom. The van der Waals surface area contributed by atoms with E-state index in [-0.39, 0.29) is 5.91 Å². The molecule has 0 unspecified atom stereocenters. The third kappa shape index (κ3) is 6.54. The number of amides is 2. The van der Waals surface area contributed by atoms with Gasteiger partial charge in [0.05, 0.1) is 7.11 Å². The smallest absolute Gasteiger partial charge is 0.328 e. The fourth-order valence-corrected chi connectivity index (χ4v) is 2.99. The van der Waals surface area contributed by atoms with Gasteiger partial charge in [0.15, 0.2) is 0 Å². The van der Waals surface area contributed by atoms with Crippen LogP contribution in [0.4, 0.5) is 0 Å². The van der Waals surface area contributed by atoms with Crippen LogP contribution >= 0.6 is 0 Å². The number of benzene rings is 2. The molecule has 0 spiro atoms. The average molecular weight is 382 g/mol. The number of carbonyl (C=O) groups excluding carboxylic acids is 3. The lowest BCUT2D eigenvalue weighted by Gasteiger charge is -2.22. The number of methoxy groups -OCH3 is 1. The number of carbonyl (C=O) groups is 3. The average Bonchev–Trinajstić information content (AvgIpc) is 2.66. The number of hydrogen-bond donors (Lipinski definition) is 2. The Kier molecular flexibility index (Phi) is 7.75. The van der Waals surface area contributed by atoms with E-state index in [9.17, 15) is 14.4 Å². The molecule has 148 valence electrons. The Morgan fingerprint density at radius 2 is 1.54 bits per heavy atom. The van der Waals surface area contributed by atoms with Crippen LogP contribution in [-0.2, 0) is 32.0 Å². The second kappa shape index (κ2) is 10.3. The van der Waals surface area contributed by atoms with Crippen LogP contribution in [-0.4, -0.2) is 37.0 Å². The zero-order valence-electron chi connectivity index (χ0n) is 16.4. The van der Waals surface area contributed by atoms with Gasteiger partial charge in [-0.1, -0.05) is 60.2 Å². The lowest BCUT2D eigenvalue weighted by atomic mass is 10.0. The molecule has 0 aliphatic carbocycles. The minimum absolute atomic E-state index is 0.304. The van der Waals surface area contributed by atoms with Gasteiger partial charge in [-0.25, -0.2) is 4.79 Å². The molecule has 2 amide bonds. The fourth-order valence-electron chi connectivity index (χ4n) is 2.99. The first kappa shape index (κ1) is 21.2. The van der Waals surface area contributed by atoms with Crippen molar-refractivity contribution in [3.05, 3.63) is 71.3 Å². The number of hydrogen-bond acceptors (Lipinski definition) is 4. The Hall–Kier alpha value is -3.15. The van der Waals surface area contributed by atoms with Crippen LogP contribution in [0, 0.1) is 6.92 Å². The zero-order valence-corrected chi connectivity index (χ0v) is 16.4. The van der Waals surface area contributed by atoms with Crippen molar-refractivity contribution >= 4 is 17.8 Å².